The molecular weight excluding hydrogens is 432 g/mol. The monoisotopic (exact) mass is 478 g/mol. The zero-order chi connectivity index (χ0) is 25.1. The molecule has 4 nitrogen and oxygen atoms in total. The van der Waals surface area contributed by atoms with Gasteiger partial charge in [0.15, 0.2) is 11.5 Å². The maximum atomic E-state index is 5.56. The van der Waals surface area contributed by atoms with Gasteiger partial charge in [0.1, 0.15) is 0 Å². The highest BCUT2D eigenvalue weighted by Gasteiger charge is 2.51. The van der Waals surface area contributed by atoms with Crippen molar-refractivity contribution in [1.29, 1.82) is 0 Å². The highest BCUT2D eigenvalue weighted by Crippen LogP contribution is 2.57. The number of methoxy groups -OCH3 is 2. The highest BCUT2D eigenvalue weighted by molar-refractivity contribution is 5.46. The Morgan fingerprint density at radius 1 is 1.00 bits per heavy atom. The summed E-state index contributed by atoms with van der Waals surface area (Å²) in [5.41, 5.74) is 6.52. The Hall–Kier alpha value is -2.04. The van der Waals surface area contributed by atoms with Gasteiger partial charge in [-0.2, -0.15) is 0 Å². The molecule has 4 rings (SSSR count). The van der Waals surface area contributed by atoms with E-state index in [0.717, 1.165) is 49.2 Å². The van der Waals surface area contributed by atoms with Crippen LogP contribution in [0.1, 0.15) is 81.5 Å². The van der Waals surface area contributed by atoms with E-state index in [0.29, 0.717) is 16.7 Å². The van der Waals surface area contributed by atoms with Crippen LogP contribution in [0, 0.1) is 11.3 Å². The van der Waals surface area contributed by atoms with Crippen LogP contribution in [-0.4, -0.2) is 33.9 Å². The van der Waals surface area contributed by atoms with Crippen LogP contribution in [-0.2, 0) is 18.4 Å². The summed E-state index contributed by atoms with van der Waals surface area (Å²) in [6.45, 7) is 13.5. The van der Waals surface area contributed by atoms with Crippen molar-refractivity contribution >= 4 is 0 Å². The fourth-order valence-electron chi connectivity index (χ4n) is 7.08. The molecule has 35 heavy (non-hydrogen) atoms. The molecule has 2 aromatic rings. The fraction of sp³-hybridized carbons (Fsp3) is 0.613. The number of hydrogen-bond donors (Lipinski definition) is 2. The summed E-state index contributed by atoms with van der Waals surface area (Å²) in [4.78, 5) is 0. The van der Waals surface area contributed by atoms with E-state index in [4.69, 9.17) is 9.47 Å². The maximum absolute atomic E-state index is 5.56. The molecule has 0 aliphatic heterocycles. The van der Waals surface area contributed by atoms with Crippen LogP contribution in [0.5, 0.6) is 11.5 Å². The van der Waals surface area contributed by atoms with Crippen molar-refractivity contribution in [1.82, 2.24) is 10.6 Å². The number of ether oxygens (including phenoxy) is 2. The third-order valence-electron chi connectivity index (χ3n) is 8.98. The molecule has 2 aliphatic carbocycles. The maximum Gasteiger partial charge on any atom is 0.165 e. The van der Waals surface area contributed by atoms with Crippen molar-refractivity contribution < 1.29 is 9.47 Å². The van der Waals surface area contributed by atoms with Crippen molar-refractivity contribution in [2.24, 2.45) is 11.3 Å². The fourth-order valence-corrected chi connectivity index (χ4v) is 7.08. The first-order valence-corrected chi connectivity index (χ1v) is 13.6. The number of rotatable bonds is 10. The average molecular weight is 479 g/mol. The van der Waals surface area contributed by atoms with Crippen LogP contribution >= 0.6 is 0 Å². The van der Waals surface area contributed by atoms with Crippen molar-refractivity contribution in [3.8, 4) is 11.5 Å². The Labute approximate surface area is 213 Å². The van der Waals surface area contributed by atoms with Gasteiger partial charge in [-0.05, 0) is 71.1 Å². The first-order valence-electron chi connectivity index (χ1n) is 13.6. The zero-order valence-electron chi connectivity index (χ0n) is 22.8. The Balaban J connectivity index is 1.33. The second-order valence-corrected chi connectivity index (χ2v) is 11.6. The minimum absolute atomic E-state index is 0.305. The van der Waals surface area contributed by atoms with Gasteiger partial charge in [-0.3, -0.25) is 0 Å². The summed E-state index contributed by atoms with van der Waals surface area (Å²) >= 11 is 0. The second-order valence-electron chi connectivity index (χ2n) is 11.6. The van der Waals surface area contributed by atoms with Crippen molar-refractivity contribution in [3.63, 3.8) is 0 Å². The van der Waals surface area contributed by atoms with E-state index in [1.807, 2.05) is 12.1 Å². The molecule has 0 saturated heterocycles. The number of benzene rings is 2. The SMILES string of the molecule is COc1cccc(CNCCNC[C@]2(C)CCC[C@]3(C)c4ccc(C(C)C)cc4CC[C@@H]23)c1OC. The molecule has 0 spiro atoms. The molecule has 2 aliphatic rings. The van der Waals surface area contributed by atoms with E-state index in [1.54, 1.807) is 25.3 Å². The first kappa shape index (κ1) is 26.0. The number of para-hydroxylation sites is 1. The van der Waals surface area contributed by atoms with Gasteiger partial charge >= 0.3 is 0 Å². The zero-order valence-corrected chi connectivity index (χ0v) is 22.8. The van der Waals surface area contributed by atoms with Crippen LogP contribution in [0.4, 0.5) is 0 Å². The van der Waals surface area contributed by atoms with Gasteiger partial charge in [-0.25, -0.2) is 0 Å². The van der Waals surface area contributed by atoms with Crippen molar-refractivity contribution in [2.75, 3.05) is 33.9 Å². The van der Waals surface area contributed by atoms with Crippen LogP contribution in [0.15, 0.2) is 36.4 Å². The lowest BCUT2D eigenvalue weighted by atomic mass is 9.49. The average Bonchev–Trinajstić information content (AvgIpc) is 2.85. The molecule has 3 atom stereocenters. The first-order chi connectivity index (χ1) is 16.8. The lowest BCUT2D eigenvalue weighted by molar-refractivity contribution is 0.0261. The van der Waals surface area contributed by atoms with Gasteiger partial charge in [0.05, 0.1) is 14.2 Å². The van der Waals surface area contributed by atoms with Gasteiger partial charge in [0.2, 0.25) is 0 Å². The molecule has 192 valence electrons. The molecule has 0 heterocycles. The summed E-state index contributed by atoms with van der Waals surface area (Å²) < 4.78 is 11.0. The van der Waals surface area contributed by atoms with Crippen LogP contribution in [0.3, 0.4) is 0 Å². The Morgan fingerprint density at radius 2 is 1.80 bits per heavy atom. The Morgan fingerprint density at radius 3 is 2.54 bits per heavy atom. The van der Waals surface area contributed by atoms with E-state index >= 15 is 0 Å². The van der Waals surface area contributed by atoms with E-state index < -0.39 is 0 Å². The van der Waals surface area contributed by atoms with Crippen LogP contribution in [0.25, 0.3) is 0 Å². The molecule has 0 amide bonds. The molecule has 2 aromatic carbocycles. The molecule has 2 N–H and O–H groups in total. The van der Waals surface area contributed by atoms with Gasteiger partial charge in [0.25, 0.3) is 0 Å². The third-order valence-corrected chi connectivity index (χ3v) is 8.98. The predicted molar refractivity (Wildman–Crippen MR) is 146 cm³/mol. The van der Waals surface area contributed by atoms with Gasteiger partial charge in [-0.1, -0.05) is 64.4 Å². The number of nitrogens with one attached hydrogen (secondary N) is 2. The number of hydrogen-bond acceptors (Lipinski definition) is 4. The molecule has 0 unspecified atom stereocenters. The minimum atomic E-state index is 0.305. The van der Waals surface area contributed by atoms with Crippen LogP contribution < -0.4 is 20.1 Å². The van der Waals surface area contributed by atoms with E-state index in [9.17, 15) is 0 Å². The molecule has 0 bridgehead atoms. The van der Waals surface area contributed by atoms with Crippen LogP contribution in [0.2, 0.25) is 0 Å². The van der Waals surface area contributed by atoms with Gasteiger partial charge in [-0.15, -0.1) is 0 Å². The predicted octanol–water partition coefficient (Wildman–Crippen LogP) is 6.22. The minimum Gasteiger partial charge on any atom is -0.493 e. The summed E-state index contributed by atoms with van der Waals surface area (Å²) in [6, 6.07) is 13.4. The third kappa shape index (κ3) is 5.24. The molecule has 0 radical (unpaired) electrons. The number of aryl methyl sites for hydroxylation is 1. The largest absolute Gasteiger partial charge is 0.493 e. The summed E-state index contributed by atoms with van der Waals surface area (Å²) in [7, 11) is 3.39. The molecule has 4 heteroatoms. The molecule has 0 aromatic heterocycles. The molecular formula is C31H46N2O2. The van der Waals surface area contributed by atoms with E-state index in [1.165, 1.54) is 37.7 Å². The normalized spacial score (nSPS) is 25.7. The molecule has 1 fully saturated rings. The smallest absolute Gasteiger partial charge is 0.165 e. The van der Waals surface area contributed by atoms with E-state index in [-0.39, 0.29) is 0 Å². The lowest BCUT2D eigenvalue weighted by Gasteiger charge is -2.55. The van der Waals surface area contributed by atoms with Gasteiger partial charge < -0.3 is 20.1 Å². The summed E-state index contributed by atoms with van der Waals surface area (Å²) in [6.07, 6.45) is 6.52. The van der Waals surface area contributed by atoms with Crippen molar-refractivity contribution in [2.45, 2.75) is 77.7 Å². The Kier molecular flexibility index (Phi) is 8.12. The quantitative estimate of drug-likeness (QED) is 0.398. The molecule has 1 saturated carbocycles. The standard InChI is InChI=1S/C31H46N2O2/c1-22(2)23-11-13-26-24(19-23)12-14-28-30(3,15-8-16-31(26,28)4)21-33-18-17-32-20-25-9-7-10-27(34-5)29(25)35-6/h7,9-11,13,19,22,28,32-33H,8,12,14-18,20-21H2,1-6H3/t28-,30-,31+/m0/s1. The highest BCUT2D eigenvalue weighted by atomic mass is 16.5. The second kappa shape index (κ2) is 10.9. The number of fused-ring (bicyclic) bond motifs is 3. The topological polar surface area (TPSA) is 42.5 Å². The van der Waals surface area contributed by atoms with Gasteiger partial charge in [0, 0.05) is 31.7 Å². The van der Waals surface area contributed by atoms with Crippen molar-refractivity contribution in [3.05, 3.63) is 58.7 Å². The summed E-state index contributed by atoms with van der Waals surface area (Å²) in [5.74, 6) is 2.95. The van der Waals surface area contributed by atoms with E-state index in [2.05, 4.69) is 62.6 Å². The lowest BCUT2D eigenvalue weighted by Crippen LogP contribution is -2.53. The summed E-state index contributed by atoms with van der Waals surface area (Å²) in [5, 5.41) is 7.38. The Bertz CT molecular complexity index is 1000.